The Hall–Kier alpha value is -0.820. The summed E-state index contributed by atoms with van der Waals surface area (Å²) in [5.41, 5.74) is -0.0240. The molecule has 5 nitrogen and oxygen atoms in total. The highest BCUT2D eigenvalue weighted by atomic mass is 35.5. The summed E-state index contributed by atoms with van der Waals surface area (Å²) in [5.74, 6) is 0.923. The predicted molar refractivity (Wildman–Crippen MR) is 99.7 cm³/mol. The first-order valence-electron chi connectivity index (χ1n) is 9.01. The van der Waals surface area contributed by atoms with Crippen LogP contribution in [0.15, 0.2) is 23.1 Å². The van der Waals surface area contributed by atoms with E-state index in [1.807, 2.05) is 0 Å². The van der Waals surface area contributed by atoms with Gasteiger partial charge in [0.2, 0.25) is 10.0 Å². The largest absolute Gasteiger partial charge is 0.492 e. The van der Waals surface area contributed by atoms with Crippen molar-refractivity contribution < 1.29 is 13.2 Å². The van der Waals surface area contributed by atoms with Crippen molar-refractivity contribution in [3.05, 3.63) is 23.2 Å². The van der Waals surface area contributed by atoms with E-state index in [-0.39, 0.29) is 10.3 Å². The summed E-state index contributed by atoms with van der Waals surface area (Å²) in [7, 11) is -3.67. The maximum absolute atomic E-state index is 12.9. The van der Waals surface area contributed by atoms with Crippen LogP contribution in [0.4, 0.5) is 0 Å². The number of sulfonamides is 1. The summed E-state index contributed by atoms with van der Waals surface area (Å²) in [5, 5.41) is 3.70. The molecule has 0 atom stereocenters. The van der Waals surface area contributed by atoms with E-state index in [0.717, 1.165) is 38.8 Å². The zero-order valence-electron chi connectivity index (χ0n) is 14.7. The lowest BCUT2D eigenvalue weighted by Gasteiger charge is -2.34. The molecule has 0 bridgehead atoms. The lowest BCUT2D eigenvalue weighted by Crippen LogP contribution is -2.42. The third kappa shape index (κ3) is 4.88. The van der Waals surface area contributed by atoms with Crippen LogP contribution < -0.4 is 14.8 Å². The van der Waals surface area contributed by atoms with Crippen molar-refractivity contribution in [3.8, 4) is 5.75 Å². The third-order valence-electron chi connectivity index (χ3n) is 5.39. The highest BCUT2D eigenvalue weighted by molar-refractivity contribution is 7.89. The SMILES string of the molecule is CC1(CNS(=O)(=O)c2cc(Cl)ccc2OCC2CCC2)CCNCC1. The highest BCUT2D eigenvalue weighted by Gasteiger charge is 2.30. The molecule has 0 amide bonds. The molecule has 1 saturated heterocycles. The van der Waals surface area contributed by atoms with E-state index in [0.29, 0.717) is 29.8 Å². The number of hydrogen-bond acceptors (Lipinski definition) is 4. The smallest absolute Gasteiger partial charge is 0.244 e. The standard InChI is InChI=1S/C18H27ClN2O3S/c1-18(7-9-20-10-8-18)13-21-25(22,23)17-11-15(19)5-6-16(17)24-12-14-3-2-4-14/h5-6,11,14,20-21H,2-4,7-10,12-13H2,1H3. The van der Waals surface area contributed by atoms with Gasteiger partial charge >= 0.3 is 0 Å². The molecule has 0 unspecified atom stereocenters. The van der Waals surface area contributed by atoms with Gasteiger partial charge in [0.1, 0.15) is 10.6 Å². The Balaban J connectivity index is 1.72. The summed E-state index contributed by atoms with van der Waals surface area (Å²) in [4.78, 5) is 0.136. The van der Waals surface area contributed by atoms with Crippen molar-refractivity contribution in [2.75, 3.05) is 26.2 Å². The monoisotopic (exact) mass is 386 g/mol. The van der Waals surface area contributed by atoms with Crippen LogP contribution >= 0.6 is 11.6 Å². The second-order valence-electron chi connectivity index (χ2n) is 7.58. The molecule has 140 valence electrons. The summed E-state index contributed by atoms with van der Waals surface area (Å²) in [6.45, 7) is 4.96. The van der Waals surface area contributed by atoms with Gasteiger partial charge in [-0.25, -0.2) is 13.1 Å². The van der Waals surface area contributed by atoms with Crippen molar-refractivity contribution in [2.45, 2.75) is 43.9 Å². The first-order valence-corrected chi connectivity index (χ1v) is 10.9. The van der Waals surface area contributed by atoms with Gasteiger partial charge in [0.05, 0.1) is 6.61 Å². The normalized spacial score (nSPS) is 20.9. The summed E-state index contributed by atoms with van der Waals surface area (Å²) >= 11 is 6.04. The van der Waals surface area contributed by atoms with Crippen LogP contribution in [0.1, 0.15) is 39.0 Å². The Labute approximate surface area is 155 Å². The second-order valence-corrected chi connectivity index (χ2v) is 9.76. The highest BCUT2D eigenvalue weighted by Crippen LogP contribution is 2.32. The zero-order valence-corrected chi connectivity index (χ0v) is 16.3. The van der Waals surface area contributed by atoms with E-state index < -0.39 is 10.0 Å². The van der Waals surface area contributed by atoms with E-state index >= 15 is 0 Å². The molecule has 1 saturated carbocycles. The molecule has 1 aromatic carbocycles. The van der Waals surface area contributed by atoms with E-state index in [2.05, 4.69) is 17.0 Å². The molecule has 1 aliphatic carbocycles. The molecule has 0 spiro atoms. The number of hydrogen-bond donors (Lipinski definition) is 2. The van der Waals surface area contributed by atoms with Crippen LogP contribution in [0.25, 0.3) is 0 Å². The molecule has 0 aromatic heterocycles. The molecule has 25 heavy (non-hydrogen) atoms. The molecule has 1 aliphatic heterocycles. The Kier molecular flexibility index (Phi) is 5.93. The Bertz CT molecular complexity index is 698. The van der Waals surface area contributed by atoms with Gasteiger partial charge in [-0.1, -0.05) is 24.9 Å². The van der Waals surface area contributed by atoms with Gasteiger partial charge in [-0.3, -0.25) is 0 Å². The van der Waals surface area contributed by atoms with Gasteiger partial charge in [0.15, 0.2) is 0 Å². The number of rotatable bonds is 7. The molecule has 1 heterocycles. The molecule has 0 radical (unpaired) electrons. The molecule has 1 aromatic rings. The zero-order chi connectivity index (χ0) is 17.9. The lowest BCUT2D eigenvalue weighted by molar-refractivity contribution is 0.177. The quantitative estimate of drug-likeness (QED) is 0.755. The fourth-order valence-corrected chi connectivity index (χ4v) is 4.84. The summed E-state index contributed by atoms with van der Waals surface area (Å²) in [6.07, 6.45) is 5.45. The number of nitrogens with one attached hydrogen (secondary N) is 2. The number of benzene rings is 1. The topological polar surface area (TPSA) is 67.4 Å². The first-order chi connectivity index (χ1) is 11.9. The number of piperidine rings is 1. The van der Waals surface area contributed by atoms with Gasteiger partial charge < -0.3 is 10.1 Å². The average Bonchev–Trinajstić information content (AvgIpc) is 2.54. The molecule has 7 heteroatoms. The maximum Gasteiger partial charge on any atom is 0.244 e. The Morgan fingerprint density at radius 3 is 2.68 bits per heavy atom. The summed E-state index contributed by atoms with van der Waals surface area (Å²) < 4.78 is 34.3. The minimum atomic E-state index is -3.67. The van der Waals surface area contributed by atoms with Crippen molar-refractivity contribution in [3.63, 3.8) is 0 Å². The molecule has 2 fully saturated rings. The van der Waals surface area contributed by atoms with Gasteiger partial charge in [0.25, 0.3) is 0 Å². The van der Waals surface area contributed by atoms with E-state index in [1.54, 1.807) is 12.1 Å². The van der Waals surface area contributed by atoms with Crippen molar-refractivity contribution in [1.82, 2.24) is 10.0 Å². The van der Waals surface area contributed by atoms with Crippen LogP contribution in [-0.4, -0.2) is 34.7 Å². The van der Waals surface area contributed by atoms with Crippen LogP contribution in [0.2, 0.25) is 5.02 Å². The molecule has 2 aliphatic rings. The van der Waals surface area contributed by atoms with Crippen LogP contribution in [0.5, 0.6) is 5.75 Å². The minimum absolute atomic E-state index is 0.0240. The fraction of sp³-hybridized carbons (Fsp3) is 0.667. The van der Waals surface area contributed by atoms with Gasteiger partial charge in [-0.15, -0.1) is 0 Å². The second kappa shape index (κ2) is 7.82. The maximum atomic E-state index is 12.9. The van der Waals surface area contributed by atoms with Gasteiger partial charge in [-0.2, -0.15) is 0 Å². The predicted octanol–water partition coefficient (Wildman–Crippen LogP) is 3.19. The van der Waals surface area contributed by atoms with Crippen LogP contribution in [0.3, 0.4) is 0 Å². The average molecular weight is 387 g/mol. The number of ether oxygens (including phenoxy) is 1. The summed E-state index contributed by atoms with van der Waals surface area (Å²) in [6, 6.07) is 4.80. The fourth-order valence-electron chi connectivity index (χ4n) is 3.23. The van der Waals surface area contributed by atoms with Crippen LogP contribution in [-0.2, 0) is 10.0 Å². The Morgan fingerprint density at radius 1 is 1.32 bits per heavy atom. The molecular formula is C18H27ClN2O3S. The minimum Gasteiger partial charge on any atom is -0.492 e. The number of halogens is 1. The van der Waals surface area contributed by atoms with Crippen molar-refractivity contribution in [2.24, 2.45) is 11.3 Å². The van der Waals surface area contributed by atoms with Crippen LogP contribution in [0, 0.1) is 11.3 Å². The first kappa shape index (κ1) is 19.0. The Morgan fingerprint density at radius 2 is 2.04 bits per heavy atom. The molecule has 2 N–H and O–H groups in total. The third-order valence-corrected chi connectivity index (χ3v) is 7.05. The molecule has 3 rings (SSSR count). The van der Waals surface area contributed by atoms with Crippen molar-refractivity contribution in [1.29, 1.82) is 0 Å². The van der Waals surface area contributed by atoms with E-state index in [4.69, 9.17) is 16.3 Å². The van der Waals surface area contributed by atoms with Gasteiger partial charge in [0, 0.05) is 11.6 Å². The lowest BCUT2D eigenvalue weighted by atomic mass is 9.81. The van der Waals surface area contributed by atoms with E-state index in [9.17, 15) is 8.42 Å². The van der Waals surface area contributed by atoms with Gasteiger partial charge in [-0.05, 0) is 68.3 Å². The molecular weight excluding hydrogens is 360 g/mol. The van der Waals surface area contributed by atoms with E-state index in [1.165, 1.54) is 12.5 Å². The van der Waals surface area contributed by atoms with Crippen molar-refractivity contribution >= 4 is 21.6 Å².